The lowest BCUT2D eigenvalue weighted by molar-refractivity contribution is -0.907. The Morgan fingerprint density at radius 3 is 2.59 bits per heavy atom. The van der Waals surface area contributed by atoms with E-state index < -0.39 is 35.3 Å². The van der Waals surface area contributed by atoms with Gasteiger partial charge >= 0.3 is 0 Å². The van der Waals surface area contributed by atoms with E-state index in [9.17, 15) is 18.8 Å². The van der Waals surface area contributed by atoms with Crippen molar-refractivity contribution < 1.29 is 33.1 Å². The van der Waals surface area contributed by atoms with Crippen LogP contribution in [0, 0.1) is 11.7 Å². The fourth-order valence-corrected chi connectivity index (χ4v) is 4.35. The van der Waals surface area contributed by atoms with Crippen LogP contribution >= 0.6 is 0 Å². The van der Waals surface area contributed by atoms with Crippen LogP contribution in [0.15, 0.2) is 42.7 Å². The molecular formula is C23H25FN3O5+. The van der Waals surface area contributed by atoms with Gasteiger partial charge in [0.1, 0.15) is 19.0 Å². The summed E-state index contributed by atoms with van der Waals surface area (Å²) in [6.07, 6.45) is 3.12. The highest BCUT2D eigenvalue weighted by Crippen LogP contribution is 2.38. The molecule has 32 heavy (non-hydrogen) atoms. The average Bonchev–Trinajstić information content (AvgIpc) is 3.08. The number of ether oxygens (including phenoxy) is 2. The quantitative estimate of drug-likeness (QED) is 0.372. The summed E-state index contributed by atoms with van der Waals surface area (Å²) >= 11 is 0. The summed E-state index contributed by atoms with van der Waals surface area (Å²) in [5, 5.41) is 0. The molecule has 2 aromatic rings. The normalized spacial score (nSPS) is 21.8. The maximum atomic E-state index is 14.2. The Hall–Kier alpha value is -3.17. The second kappa shape index (κ2) is 9.54. The van der Waals surface area contributed by atoms with E-state index in [-0.39, 0.29) is 11.3 Å². The van der Waals surface area contributed by atoms with Crippen LogP contribution in [-0.2, 0) is 14.3 Å². The summed E-state index contributed by atoms with van der Waals surface area (Å²) in [5.74, 6) is -4.01. The number of carbonyl (C=O) groups excluding carboxylic acids is 3. The van der Waals surface area contributed by atoms with Crippen molar-refractivity contribution in [2.45, 2.75) is 6.04 Å². The van der Waals surface area contributed by atoms with Crippen molar-refractivity contribution in [1.29, 1.82) is 0 Å². The van der Waals surface area contributed by atoms with Gasteiger partial charge in [-0.2, -0.15) is 0 Å². The van der Waals surface area contributed by atoms with Gasteiger partial charge in [0, 0.05) is 18.0 Å². The second-order valence-electron chi connectivity index (χ2n) is 7.89. The number of nitrogens with zero attached hydrogens (tertiary/aromatic N) is 2. The van der Waals surface area contributed by atoms with Crippen LogP contribution in [0.1, 0.15) is 22.0 Å². The van der Waals surface area contributed by atoms with Crippen molar-refractivity contribution in [1.82, 2.24) is 9.88 Å². The molecule has 0 bridgehead atoms. The van der Waals surface area contributed by atoms with E-state index in [1.807, 2.05) is 0 Å². The third-order valence-corrected chi connectivity index (χ3v) is 6.08. The molecule has 0 aliphatic carbocycles. The van der Waals surface area contributed by atoms with E-state index in [1.54, 1.807) is 24.5 Å². The van der Waals surface area contributed by atoms with Crippen LogP contribution in [0.5, 0.6) is 5.75 Å². The van der Waals surface area contributed by atoms with Gasteiger partial charge in [0.25, 0.3) is 5.91 Å². The lowest BCUT2D eigenvalue weighted by Crippen LogP contribution is -3.14. The maximum Gasteiger partial charge on any atom is 0.291 e. The number of benzene rings is 1. The van der Waals surface area contributed by atoms with Crippen molar-refractivity contribution in [2.75, 3.05) is 46.5 Å². The molecule has 2 fully saturated rings. The fraction of sp³-hybridized carbons (Fsp3) is 0.391. The summed E-state index contributed by atoms with van der Waals surface area (Å²) < 4.78 is 24.5. The highest BCUT2D eigenvalue weighted by molar-refractivity contribution is 6.44. The second-order valence-corrected chi connectivity index (χ2v) is 7.89. The highest BCUT2D eigenvalue weighted by Gasteiger charge is 2.51. The first-order valence-corrected chi connectivity index (χ1v) is 10.5. The van der Waals surface area contributed by atoms with Crippen LogP contribution in [0.2, 0.25) is 0 Å². The SMILES string of the molecule is COc1ccc(C(=O)C2C(=O)C(=O)N(CC[NH+]3CCOCC3)C2c2ccncc2)cc1F. The molecule has 1 N–H and O–H groups in total. The molecule has 1 aromatic carbocycles. The van der Waals surface area contributed by atoms with Gasteiger partial charge in [-0.25, -0.2) is 4.39 Å². The summed E-state index contributed by atoms with van der Waals surface area (Å²) in [6, 6.07) is 6.41. The molecule has 2 aliphatic rings. The van der Waals surface area contributed by atoms with Crippen molar-refractivity contribution in [3.8, 4) is 5.75 Å². The number of hydrogen-bond donors (Lipinski definition) is 1. The van der Waals surface area contributed by atoms with Crippen molar-refractivity contribution in [3.05, 3.63) is 59.7 Å². The molecule has 0 spiro atoms. The number of halogens is 1. The van der Waals surface area contributed by atoms with Crippen molar-refractivity contribution in [3.63, 3.8) is 0 Å². The van der Waals surface area contributed by atoms with E-state index in [0.29, 0.717) is 31.9 Å². The zero-order chi connectivity index (χ0) is 22.7. The van der Waals surface area contributed by atoms with Crippen LogP contribution in [0.4, 0.5) is 4.39 Å². The Kier molecular flexibility index (Phi) is 6.57. The number of carbonyl (C=O) groups is 3. The molecule has 2 aliphatic heterocycles. The first kappa shape index (κ1) is 22.0. The summed E-state index contributed by atoms with van der Waals surface area (Å²) in [5.41, 5.74) is 0.665. The van der Waals surface area contributed by atoms with Gasteiger partial charge in [-0.1, -0.05) is 0 Å². The van der Waals surface area contributed by atoms with Gasteiger partial charge in [-0.05, 0) is 35.9 Å². The largest absolute Gasteiger partial charge is 0.494 e. The van der Waals surface area contributed by atoms with Gasteiger partial charge < -0.3 is 19.3 Å². The van der Waals surface area contributed by atoms with Crippen LogP contribution in [0.3, 0.4) is 0 Å². The monoisotopic (exact) mass is 442 g/mol. The number of amides is 1. The smallest absolute Gasteiger partial charge is 0.291 e. The number of hydrogen-bond acceptors (Lipinski definition) is 6. The van der Waals surface area contributed by atoms with Gasteiger partial charge in [0.05, 0.1) is 39.5 Å². The maximum absolute atomic E-state index is 14.2. The molecule has 2 atom stereocenters. The minimum atomic E-state index is -1.25. The van der Waals surface area contributed by atoms with E-state index in [4.69, 9.17) is 9.47 Å². The number of pyridine rings is 1. The van der Waals surface area contributed by atoms with Crippen molar-refractivity contribution >= 4 is 17.5 Å². The van der Waals surface area contributed by atoms with E-state index in [0.717, 1.165) is 19.2 Å². The molecule has 2 saturated heterocycles. The average molecular weight is 442 g/mol. The van der Waals surface area contributed by atoms with Gasteiger partial charge in [-0.15, -0.1) is 0 Å². The summed E-state index contributed by atoms with van der Waals surface area (Å²) in [7, 11) is 1.33. The molecule has 3 heterocycles. The number of likely N-dealkylation sites (tertiary alicyclic amines) is 1. The number of morpholine rings is 1. The zero-order valence-corrected chi connectivity index (χ0v) is 17.8. The number of methoxy groups -OCH3 is 1. The minimum Gasteiger partial charge on any atom is -0.494 e. The molecule has 8 nitrogen and oxygen atoms in total. The Morgan fingerprint density at radius 2 is 1.94 bits per heavy atom. The predicted molar refractivity (Wildman–Crippen MR) is 111 cm³/mol. The molecule has 1 amide bonds. The predicted octanol–water partition coefficient (Wildman–Crippen LogP) is 0.0959. The van der Waals surface area contributed by atoms with Gasteiger partial charge in [0.2, 0.25) is 5.78 Å². The molecule has 168 valence electrons. The number of rotatable bonds is 7. The lowest BCUT2D eigenvalue weighted by atomic mass is 9.86. The third kappa shape index (κ3) is 4.26. The van der Waals surface area contributed by atoms with Crippen molar-refractivity contribution in [2.24, 2.45) is 5.92 Å². The number of Topliss-reactive ketones (excluding diaryl/α,β-unsaturated/α-hetero) is 2. The molecule has 9 heteroatoms. The first-order chi connectivity index (χ1) is 15.5. The van der Waals surface area contributed by atoms with E-state index in [2.05, 4.69) is 4.98 Å². The van der Waals surface area contributed by atoms with E-state index >= 15 is 0 Å². The number of ketones is 2. The minimum absolute atomic E-state index is 0.00354. The molecule has 0 saturated carbocycles. The first-order valence-electron chi connectivity index (χ1n) is 10.5. The van der Waals surface area contributed by atoms with Gasteiger partial charge in [0.15, 0.2) is 17.3 Å². The number of quaternary nitrogens is 1. The topological polar surface area (TPSA) is 90.2 Å². The van der Waals surface area contributed by atoms with Crippen LogP contribution in [-0.4, -0.2) is 73.9 Å². The third-order valence-electron chi connectivity index (χ3n) is 6.08. The number of nitrogens with one attached hydrogen (secondary N) is 1. The summed E-state index contributed by atoms with van der Waals surface area (Å²) in [6.45, 7) is 3.92. The Bertz CT molecular complexity index is 1010. The number of aromatic nitrogens is 1. The van der Waals surface area contributed by atoms with Gasteiger partial charge in [-0.3, -0.25) is 19.4 Å². The standard InChI is InChI=1S/C23H24FN3O5/c1-31-18-3-2-16(14-17(18)24)21(28)19-20(15-4-6-25-7-5-15)27(23(30)22(19)29)9-8-26-10-12-32-13-11-26/h2-7,14,19-20H,8-13H2,1H3/p+1. The Morgan fingerprint density at radius 1 is 1.22 bits per heavy atom. The Balaban J connectivity index is 1.65. The Labute approximate surface area is 184 Å². The van der Waals surface area contributed by atoms with Crippen LogP contribution in [0.25, 0.3) is 0 Å². The van der Waals surface area contributed by atoms with Crippen LogP contribution < -0.4 is 9.64 Å². The molecule has 4 rings (SSSR count). The molecule has 2 unspecified atom stereocenters. The molecule has 1 aromatic heterocycles. The lowest BCUT2D eigenvalue weighted by Gasteiger charge is -2.30. The summed E-state index contributed by atoms with van der Waals surface area (Å²) in [4.78, 5) is 46.1. The zero-order valence-electron chi connectivity index (χ0n) is 17.8. The molecule has 0 radical (unpaired) electrons. The molecular weight excluding hydrogens is 417 g/mol. The fourth-order valence-electron chi connectivity index (χ4n) is 4.35. The highest BCUT2D eigenvalue weighted by atomic mass is 19.1. The van der Waals surface area contributed by atoms with E-state index in [1.165, 1.54) is 29.0 Å².